The van der Waals surface area contributed by atoms with Crippen molar-refractivity contribution in [3.05, 3.63) is 42.0 Å². The highest BCUT2D eigenvalue weighted by atomic mass is 127. The molecule has 0 atom stereocenters. The van der Waals surface area contributed by atoms with Gasteiger partial charge in [-0.1, -0.05) is 30.4 Å². The van der Waals surface area contributed by atoms with Gasteiger partial charge in [-0.15, -0.1) is 24.0 Å². The molecule has 0 spiro atoms. The van der Waals surface area contributed by atoms with E-state index in [2.05, 4.69) is 54.2 Å². The first kappa shape index (κ1) is 24.0. The van der Waals surface area contributed by atoms with Crippen LogP contribution in [0.5, 0.6) is 5.75 Å². The van der Waals surface area contributed by atoms with Gasteiger partial charge in [0.15, 0.2) is 5.96 Å². The molecular weight excluding hydrogens is 475 g/mol. The first-order chi connectivity index (χ1) is 13.6. The second kappa shape index (κ2) is 12.4. The molecule has 5 nitrogen and oxygen atoms in total. The molecule has 1 aromatic carbocycles. The lowest BCUT2D eigenvalue weighted by molar-refractivity contribution is 0.119. The van der Waals surface area contributed by atoms with Gasteiger partial charge in [0, 0.05) is 37.8 Å². The van der Waals surface area contributed by atoms with Crippen LogP contribution < -0.4 is 15.4 Å². The number of ether oxygens (including phenoxy) is 1. The second-order valence-electron chi connectivity index (χ2n) is 8.13. The van der Waals surface area contributed by atoms with Crippen LogP contribution in [0.4, 0.5) is 0 Å². The van der Waals surface area contributed by atoms with Gasteiger partial charge in [-0.25, -0.2) is 4.99 Å². The summed E-state index contributed by atoms with van der Waals surface area (Å²) < 4.78 is 6.14. The number of halogens is 1. The SMILES string of the molecule is C=C(C)CN1CCC(NC(=NCc2ccccc2OC2CCC2)NCC)CC1.I. The number of hydrogen-bond donors (Lipinski definition) is 2. The van der Waals surface area contributed by atoms with Crippen molar-refractivity contribution >= 4 is 29.9 Å². The van der Waals surface area contributed by atoms with Gasteiger partial charge in [0.25, 0.3) is 0 Å². The zero-order valence-electron chi connectivity index (χ0n) is 18.0. The monoisotopic (exact) mass is 512 g/mol. The molecule has 1 aliphatic carbocycles. The van der Waals surface area contributed by atoms with Gasteiger partial charge in [-0.3, -0.25) is 4.90 Å². The van der Waals surface area contributed by atoms with Crippen LogP contribution in [0.1, 0.15) is 51.5 Å². The Balaban J connectivity index is 0.00000300. The van der Waals surface area contributed by atoms with Gasteiger partial charge in [0.2, 0.25) is 0 Å². The van der Waals surface area contributed by atoms with Gasteiger partial charge >= 0.3 is 0 Å². The summed E-state index contributed by atoms with van der Waals surface area (Å²) in [5, 5.41) is 7.03. The fourth-order valence-corrected chi connectivity index (χ4v) is 3.71. The average Bonchev–Trinajstić information content (AvgIpc) is 2.65. The number of nitrogens with one attached hydrogen (secondary N) is 2. The predicted octanol–water partition coefficient (Wildman–Crippen LogP) is 4.33. The lowest BCUT2D eigenvalue weighted by Crippen LogP contribution is -2.48. The van der Waals surface area contributed by atoms with E-state index in [0.717, 1.165) is 56.3 Å². The molecule has 1 heterocycles. The summed E-state index contributed by atoms with van der Waals surface area (Å²) in [6.07, 6.45) is 6.29. The van der Waals surface area contributed by atoms with Crippen molar-refractivity contribution in [3.8, 4) is 5.75 Å². The summed E-state index contributed by atoms with van der Waals surface area (Å²) in [6.45, 7) is 13.0. The van der Waals surface area contributed by atoms with Gasteiger partial charge < -0.3 is 15.4 Å². The average molecular weight is 512 g/mol. The molecule has 3 rings (SSSR count). The molecule has 0 radical (unpaired) electrons. The molecule has 2 fully saturated rings. The normalized spacial score (nSPS) is 18.5. The summed E-state index contributed by atoms with van der Waals surface area (Å²) in [6, 6.07) is 8.78. The third-order valence-corrected chi connectivity index (χ3v) is 5.49. The predicted molar refractivity (Wildman–Crippen MR) is 132 cm³/mol. The molecule has 29 heavy (non-hydrogen) atoms. The Morgan fingerprint density at radius 3 is 2.55 bits per heavy atom. The Bertz CT molecular complexity index is 667. The van der Waals surface area contributed by atoms with Crippen LogP contribution in [0.15, 0.2) is 41.4 Å². The molecule has 6 heteroatoms. The molecule has 1 saturated heterocycles. The zero-order chi connectivity index (χ0) is 19.8. The van der Waals surface area contributed by atoms with Gasteiger partial charge in [-0.2, -0.15) is 0 Å². The Morgan fingerprint density at radius 1 is 1.21 bits per heavy atom. The smallest absolute Gasteiger partial charge is 0.191 e. The van der Waals surface area contributed by atoms with E-state index in [0.29, 0.717) is 18.7 Å². The Kier molecular flexibility index (Phi) is 10.3. The number of guanidine groups is 1. The highest BCUT2D eigenvalue weighted by Gasteiger charge is 2.21. The van der Waals surface area contributed by atoms with Crippen molar-refractivity contribution in [2.75, 3.05) is 26.2 Å². The van der Waals surface area contributed by atoms with Crippen LogP contribution in [0.3, 0.4) is 0 Å². The van der Waals surface area contributed by atoms with E-state index >= 15 is 0 Å². The molecule has 1 aromatic rings. The number of aliphatic imine (C=N–C) groups is 1. The largest absolute Gasteiger partial charge is 0.490 e. The minimum Gasteiger partial charge on any atom is -0.490 e. The summed E-state index contributed by atoms with van der Waals surface area (Å²) in [5.74, 6) is 1.89. The van der Waals surface area contributed by atoms with Crippen LogP contribution in [0.25, 0.3) is 0 Å². The van der Waals surface area contributed by atoms with Crippen LogP contribution >= 0.6 is 24.0 Å². The highest BCUT2D eigenvalue weighted by Crippen LogP contribution is 2.27. The van der Waals surface area contributed by atoms with Crippen LogP contribution in [0, 0.1) is 0 Å². The molecular formula is C23H37IN4O. The number of rotatable bonds is 8. The van der Waals surface area contributed by atoms with E-state index in [1.165, 1.54) is 24.8 Å². The lowest BCUT2D eigenvalue weighted by atomic mass is 9.96. The minimum atomic E-state index is 0. The van der Waals surface area contributed by atoms with E-state index in [1.807, 2.05) is 6.07 Å². The molecule has 1 aliphatic heterocycles. The van der Waals surface area contributed by atoms with E-state index in [4.69, 9.17) is 9.73 Å². The minimum absolute atomic E-state index is 0. The van der Waals surface area contributed by atoms with Gasteiger partial charge in [0.1, 0.15) is 5.75 Å². The standard InChI is InChI=1S/C23H36N4O.HI/c1-4-24-23(26-20-12-14-27(15-13-20)17-18(2)3)25-16-19-8-5-6-11-22(19)28-21-9-7-10-21;/h5-6,8,11,20-21H,2,4,7,9-10,12-17H2,1,3H3,(H2,24,25,26);1H. The number of para-hydroxylation sites is 1. The van der Waals surface area contributed by atoms with E-state index in [-0.39, 0.29) is 24.0 Å². The molecule has 2 aliphatic rings. The second-order valence-corrected chi connectivity index (χ2v) is 8.13. The Hall–Kier alpha value is -1.28. The fourth-order valence-electron chi connectivity index (χ4n) is 3.71. The number of hydrogen-bond acceptors (Lipinski definition) is 3. The molecule has 2 N–H and O–H groups in total. The maximum atomic E-state index is 6.14. The first-order valence-corrected chi connectivity index (χ1v) is 10.8. The molecule has 0 amide bonds. The summed E-state index contributed by atoms with van der Waals surface area (Å²) in [5.41, 5.74) is 2.40. The molecule has 1 saturated carbocycles. The maximum Gasteiger partial charge on any atom is 0.191 e. The van der Waals surface area contributed by atoms with Crippen molar-refractivity contribution in [3.63, 3.8) is 0 Å². The summed E-state index contributed by atoms with van der Waals surface area (Å²) in [4.78, 5) is 7.33. The number of likely N-dealkylation sites (tertiary alicyclic amines) is 1. The molecule has 0 unspecified atom stereocenters. The third kappa shape index (κ3) is 7.81. The van der Waals surface area contributed by atoms with Crippen LogP contribution in [0.2, 0.25) is 0 Å². The lowest BCUT2D eigenvalue weighted by Gasteiger charge is -2.33. The van der Waals surface area contributed by atoms with Gasteiger partial charge in [0.05, 0.1) is 12.6 Å². The summed E-state index contributed by atoms with van der Waals surface area (Å²) in [7, 11) is 0. The maximum absolute atomic E-state index is 6.14. The van der Waals surface area contributed by atoms with Crippen molar-refractivity contribution in [1.82, 2.24) is 15.5 Å². The number of piperidine rings is 1. The van der Waals surface area contributed by atoms with E-state index in [9.17, 15) is 0 Å². The van der Waals surface area contributed by atoms with Crippen LogP contribution in [-0.2, 0) is 6.54 Å². The Labute approximate surface area is 193 Å². The summed E-state index contributed by atoms with van der Waals surface area (Å²) >= 11 is 0. The van der Waals surface area contributed by atoms with Crippen LogP contribution in [-0.4, -0.2) is 49.2 Å². The quantitative estimate of drug-likeness (QED) is 0.236. The topological polar surface area (TPSA) is 48.9 Å². The molecule has 162 valence electrons. The van der Waals surface area contributed by atoms with Crippen molar-refractivity contribution in [2.24, 2.45) is 4.99 Å². The number of benzene rings is 1. The highest BCUT2D eigenvalue weighted by molar-refractivity contribution is 14.0. The fraction of sp³-hybridized carbons (Fsp3) is 0.609. The Morgan fingerprint density at radius 2 is 1.93 bits per heavy atom. The van der Waals surface area contributed by atoms with Gasteiger partial charge in [-0.05, 0) is 52.0 Å². The van der Waals surface area contributed by atoms with Crippen molar-refractivity contribution in [1.29, 1.82) is 0 Å². The third-order valence-electron chi connectivity index (χ3n) is 5.49. The van der Waals surface area contributed by atoms with E-state index < -0.39 is 0 Å². The van der Waals surface area contributed by atoms with Crippen molar-refractivity contribution in [2.45, 2.75) is 64.6 Å². The van der Waals surface area contributed by atoms with Crippen molar-refractivity contribution < 1.29 is 4.74 Å². The first-order valence-electron chi connectivity index (χ1n) is 10.8. The number of nitrogens with zero attached hydrogens (tertiary/aromatic N) is 2. The molecule has 0 aromatic heterocycles. The molecule has 0 bridgehead atoms. The van der Waals surface area contributed by atoms with E-state index in [1.54, 1.807) is 0 Å². The zero-order valence-corrected chi connectivity index (χ0v) is 20.3.